The van der Waals surface area contributed by atoms with Crippen LogP contribution in [0, 0.1) is 10.1 Å². The maximum absolute atomic E-state index is 12.1. The first-order valence-corrected chi connectivity index (χ1v) is 12.0. The van der Waals surface area contributed by atoms with E-state index in [0.29, 0.717) is 28.9 Å². The number of piperazine rings is 1. The van der Waals surface area contributed by atoms with Gasteiger partial charge >= 0.3 is 0 Å². The van der Waals surface area contributed by atoms with Crippen LogP contribution in [0.25, 0.3) is 23.1 Å². The van der Waals surface area contributed by atoms with E-state index in [0.717, 1.165) is 62.8 Å². The van der Waals surface area contributed by atoms with Gasteiger partial charge in [0.05, 0.1) is 16.1 Å². The second kappa shape index (κ2) is 9.97. The lowest BCUT2D eigenvalue weighted by Crippen LogP contribution is -2.44. The van der Waals surface area contributed by atoms with E-state index in [-0.39, 0.29) is 16.8 Å². The highest BCUT2D eigenvalue weighted by Gasteiger charge is 2.28. The zero-order valence-electron chi connectivity index (χ0n) is 19.8. The van der Waals surface area contributed by atoms with E-state index in [1.165, 1.54) is 0 Å². The van der Waals surface area contributed by atoms with Crippen LogP contribution in [0.5, 0.6) is 0 Å². The molecule has 182 valence electrons. The molecule has 5 rings (SSSR count). The minimum Gasteiger partial charge on any atom is -0.363 e. The lowest BCUT2D eigenvalue weighted by atomic mass is 10.1. The summed E-state index contributed by atoms with van der Waals surface area (Å²) in [5, 5.41) is 17.7. The smallest absolute Gasteiger partial charge is 0.293 e. The number of likely N-dealkylation sites (N-methyl/N-ethyl adjacent to an activating group) is 1. The number of ether oxygens (including phenoxy) is 1. The molecule has 0 radical (unpaired) electrons. The molecule has 1 atom stereocenters. The summed E-state index contributed by atoms with van der Waals surface area (Å²) in [7, 11) is 2.06. The summed E-state index contributed by atoms with van der Waals surface area (Å²) in [6.45, 7) is 3.85. The molecule has 2 aliphatic heterocycles. The van der Waals surface area contributed by atoms with Crippen LogP contribution < -0.4 is 4.90 Å². The third kappa shape index (κ3) is 4.82. The number of benzene rings is 2. The van der Waals surface area contributed by atoms with E-state index in [1.807, 2.05) is 35.0 Å². The van der Waals surface area contributed by atoms with Gasteiger partial charge in [0.1, 0.15) is 12.0 Å². The number of aromatic nitrogens is 2. The number of nitro benzene ring substituents is 1. The summed E-state index contributed by atoms with van der Waals surface area (Å²) in [4.78, 5) is 27.3. The number of anilines is 1. The van der Waals surface area contributed by atoms with Gasteiger partial charge in [0.2, 0.25) is 0 Å². The Morgan fingerprint density at radius 2 is 1.89 bits per heavy atom. The Balaban J connectivity index is 1.62. The van der Waals surface area contributed by atoms with E-state index in [2.05, 4.69) is 16.8 Å². The van der Waals surface area contributed by atoms with E-state index >= 15 is 0 Å². The quantitative estimate of drug-likeness (QED) is 0.297. The first kappa shape index (κ1) is 23.2. The number of nitrogens with zero attached hydrogens (tertiary/aromatic N) is 5. The summed E-state index contributed by atoms with van der Waals surface area (Å²) in [6.07, 6.45) is 7.26. The number of nitro groups is 1. The Hall–Kier alpha value is -3.56. The van der Waals surface area contributed by atoms with Crippen molar-refractivity contribution in [2.24, 2.45) is 0 Å². The Kier molecular flexibility index (Phi) is 6.61. The molecule has 2 fully saturated rings. The zero-order chi connectivity index (χ0) is 24.4. The van der Waals surface area contributed by atoms with E-state index in [1.54, 1.807) is 18.2 Å². The molecular weight excluding hydrogens is 446 g/mol. The van der Waals surface area contributed by atoms with Gasteiger partial charge in [0.25, 0.3) is 5.69 Å². The number of hydrogen-bond donors (Lipinski definition) is 0. The van der Waals surface area contributed by atoms with Crippen molar-refractivity contribution < 1.29 is 14.5 Å². The molecule has 2 aliphatic rings. The van der Waals surface area contributed by atoms with Gasteiger partial charge in [-0.1, -0.05) is 24.3 Å². The molecule has 9 heteroatoms. The molecule has 1 aromatic heterocycles. The van der Waals surface area contributed by atoms with Crippen molar-refractivity contribution >= 4 is 40.7 Å². The molecule has 2 saturated heterocycles. The number of hydrogen-bond acceptors (Lipinski definition) is 7. The van der Waals surface area contributed by atoms with Crippen LogP contribution >= 0.6 is 0 Å². The van der Waals surface area contributed by atoms with Crippen LogP contribution in [0.15, 0.2) is 36.4 Å². The van der Waals surface area contributed by atoms with Gasteiger partial charge in [-0.3, -0.25) is 14.9 Å². The van der Waals surface area contributed by atoms with Crippen molar-refractivity contribution in [2.45, 2.75) is 25.5 Å². The van der Waals surface area contributed by atoms with Gasteiger partial charge < -0.3 is 14.5 Å². The lowest BCUT2D eigenvalue weighted by Gasteiger charge is -2.33. The highest BCUT2D eigenvalue weighted by atomic mass is 16.6. The van der Waals surface area contributed by atoms with Crippen molar-refractivity contribution in [3.8, 4) is 0 Å². The van der Waals surface area contributed by atoms with Gasteiger partial charge in [-0.05, 0) is 50.1 Å². The average Bonchev–Trinajstić information content (AvgIpc) is 3.25. The maximum Gasteiger partial charge on any atom is 0.293 e. The predicted molar refractivity (Wildman–Crippen MR) is 136 cm³/mol. The molecule has 3 heterocycles. The standard InChI is InChI=1S/C26H29N5O4/c1-28-10-12-29(13-11-28)24-17-23-21(16-25(24)31(33)34)22(27-30(23)26-7-2-3-14-35-26)9-8-19-5-4-6-20(15-19)18-32/h4-6,8-9,15-18,26H,2-3,7,10-14H2,1H3. The molecule has 3 aromatic rings. The number of aldehydes is 1. The van der Waals surface area contributed by atoms with Crippen LogP contribution in [-0.2, 0) is 4.74 Å². The topological polar surface area (TPSA) is 93.7 Å². The molecule has 0 N–H and O–H groups in total. The molecule has 2 aromatic carbocycles. The molecule has 0 saturated carbocycles. The highest BCUT2D eigenvalue weighted by molar-refractivity contribution is 5.95. The van der Waals surface area contributed by atoms with Crippen molar-refractivity contribution in [2.75, 3.05) is 44.7 Å². The molecule has 0 aliphatic carbocycles. The Morgan fingerprint density at radius 3 is 2.60 bits per heavy atom. The normalized spacial score (nSPS) is 19.5. The fourth-order valence-corrected chi connectivity index (χ4v) is 4.80. The number of fused-ring (bicyclic) bond motifs is 1. The summed E-state index contributed by atoms with van der Waals surface area (Å²) < 4.78 is 7.93. The third-order valence-electron chi connectivity index (χ3n) is 6.78. The van der Waals surface area contributed by atoms with Gasteiger partial charge in [-0.15, -0.1) is 0 Å². The van der Waals surface area contributed by atoms with E-state index in [4.69, 9.17) is 9.84 Å². The summed E-state index contributed by atoms with van der Waals surface area (Å²) in [5.74, 6) is 0. The second-order valence-electron chi connectivity index (χ2n) is 9.18. The highest BCUT2D eigenvalue weighted by Crippen LogP contribution is 2.37. The first-order valence-electron chi connectivity index (χ1n) is 12.0. The van der Waals surface area contributed by atoms with Crippen LogP contribution in [-0.4, -0.2) is 65.7 Å². The monoisotopic (exact) mass is 475 g/mol. The van der Waals surface area contributed by atoms with E-state index < -0.39 is 0 Å². The molecule has 1 unspecified atom stereocenters. The first-order chi connectivity index (χ1) is 17.0. The molecule has 0 amide bonds. The third-order valence-corrected chi connectivity index (χ3v) is 6.78. The minimum absolute atomic E-state index is 0.0868. The molecule has 9 nitrogen and oxygen atoms in total. The molecule has 0 spiro atoms. The lowest BCUT2D eigenvalue weighted by molar-refractivity contribution is -0.384. The van der Waals surface area contributed by atoms with Gasteiger partial charge in [0, 0.05) is 49.8 Å². The SMILES string of the molecule is CN1CCN(c2cc3c(cc2[N+](=O)[O-])c(C=Cc2cccc(C=O)c2)nn3C2CCCCO2)CC1. The van der Waals surface area contributed by atoms with Crippen molar-refractivity contribution in [1.82, 2.24) is 14.7 Å². The summed E-state index contributed by atoms with van der Waals surface area (Å²) in [6, 6.07) is 10.8. The maximum atomic E-state index is 12.1. The summed E-state index contributed by atoms with van der Waals surface area (Å²) >= 11 is 0. The van der Waals surface area contributed by atoms with Crippen molar-refractivity contribution in [3.63, 3.8) is 0 Å². The number of rotatable bonds is 6. The van der Waals surface area contributed by atoms with Crippen molar-refractivity contribution in [3.05, 3.63) is 63.3 Å². The fraction of sp³-hybridized carbons (Fsp3) is 0.385. The number of carbonyl (C=O) groups excluding carboxylic acids is 1. The molecule has 0 bridgehead atoms. The largest absolute Gasteiger partial charge is 0.363 e. The Bertz CT molecular complexity index is 1270. The predicted octanol–water partition coefficient (Wildman–Crippen LogP) is 4.38. The summed E-state index contributed by atoms with van der Waals surface area (Å²) in [5.41, 5.74) is 3.63. The minimum atomic E-state index is -0.303. The average molecular weight is 476 g/mol. The van der Waals surface area contributed by atoms with Gasteiger partial charge in [-0.2, -0.15) is 5.10 Å². The second-order valence-corrected chi connectivity index (χ2v) is 9.18. The Labute approximate surface area is 203 Å². The zero-order valence-corrected chi connectivity index (χ0v) is 19.8. The van der Waals surface area contributed by atoms with Crippen LogP contribution in [0.3, 0.4) is 0 Å². The molecular formula is C26H29N5O4. The Morgan fingerprint density at radius 1 is 1.09 bits per heavy atom. The van der Waals surface area contributed by atoms with Crippen LogP contribution in [0.1, 0.15) is 47.1 Å². The van der Waals surface area contributed by atoms with Gasteiger partial charge in [-0.25, -0.2) is 4.68 Å². The van der Waals surface area contributed by atoms with Gasteiger partial charge in [0.15, 0.2) is 6.23 Å². The van der Waals surface area contributed by atoms with E-state index in [9.17, 15) is 14.9 Å². The molecule has 35 heavy (non-hydrogen) atoms. The fourth-order valence-electron chi connectivity index (χ4n) is 4.80. The van der Waals surface area contributed by atoms with Crippen molar-refractivity contribution in [1.29, 1.82) is 0 Å². The van der Waals surface area contributed by atoms with Crippen LogP contribution in [0.2, 0.25) is 0 Å². The number of carbonyl (C=O) groups is 1. The van der Waals surface area contributed by atoms with Crippen LogP contribution in [0.4, 0.5) is 11.4 Å².